The molecular weight excluding hydrogens is 497 g/mol. The van der Waals surface area contributed by atoms with E-state index in [2.05, 4.69) is 15.9 Å². The number of carbonyl (C=O) groups excluding carboxylic acids is 2. The Morgan fingerprint density at radius 1 is 1.03 bits per heavy atom. The number of aliphatic hydroxyl groups excluding tert-OH is 1. The summed E-state index contributed by atoms with van der Waals surface area (Å²) in [6.45, 7) is 3.67. The van der Waals surface area contributed by atoms with Gasteiger partial charge in [-0.1, -0.05) is 45.7 Å². The number of carbonyl (C=O) groups is 2. The molecule has 1 aliphatic heterocycles. The molecule has 1 saturated heterocycles. The molecule has 7 heteroatoms. The number of aliphatic hydroxyl groups is 1. The zero-order valence-electron chi connectivity index (χ0n) is 17.2. The predicted octanol–water partition coefficient (Wildman–Crippen LogP) is 6.48. The first-order valence-corrected chi connectivity index (χ1v) is 10.9. The Balaban J connectivity index is 1.97. The summed E-state index contributed by atoms with van der Waals surface area (Å²) in [6, 6.07) is 14.7. The molecule has 162 valence electrons. The van der Waals surface area contributed by atoms with Gasteiger partial charge in [0.2, 0.25) is 0 Å². The molecule has 3 aromatic carbocycles. The van der Waals surface area contributed by atoms with Gasteiger partial charge in [0.05, 0.1) is 11.6 Å². The van der Waals surface area contributed by atoms with Crippen LogP contribution in [0.4, 0.5) is 10.1 Å². The van der Waals surface area contributed by atoms with Crippen LogP contribution in [0.2, 0.25) is 5.02 Å². The second-order valence-electron chi connectivity index (χ2n) is 7.62. The predicted molar refractivity (Wildman–Crippen MR) is 126 cm³/mol. The monoisotopic (exact) mass is 513 g/mol. The molecular formula is C25H18BrClFNO3. The van der Waals surface area contributed by atoms with Gasteiger partial charge in [0.15, 0.2) is 0 Å². The van der Waals surface area contributed by atoms with Crippen molar-refractivity contribution in [2.45, 2.75) is 19.9 Å². The number of aryl methyl sites for hydroxylation is 2. The van der Waals surface area contributed by atoms with Crippen LogP contribution in [0, 0.1) is 19.7 Å². The van der Waals surface area contributed by atoms with Gasteiger partial charge in [-0.15, -0.1) is 0 Å². The van der Waals surface area contributed by atoms with E-state index in [0.717, 1.165) is 10.0 Å². The van der Waals surface area contributed by atoms with Gasteiger partial charge in [-0.3, -0.25) is 14.5 Å². The van der Waals surface area contributed by atoms with Gasteiger partial charge in [-0.05, 0) is 73.0 Å². The van der Waals surface area contributed by atoms with Gasteiger partial charge in [0.1, 0.15) is 11.6 Å². The molecule has 4 rings (SSSR count). The van der Waals surface area contributed by atoms with E-state index in [1.807, 2.05) is 13.0 Å². The highest BCUT2D eigenvalue weighted by molar-refractivity contribution is 9.10. The van der Waals surface area contributed by atoms with Gasteiger partial charge in [-0.25, -0.2) is 4.39 Å². The highest BCUT2D eigenvalue weighted by Crippen LogP contribution is 2.43. The van der Waals surface area contributed by atoms with Gasteiger partial charge in [0.25, 0.3) is 11.7 Å². The molecule has 0 bridgehead atoms. The minimum atomic E-state index is -1.00. The maximum atomic E-state index is 14.1. The van der Waals surface area contributed by atoms with Crippen LogP contribution in [-0.4, -0.2) is 16.8 Å². The maximum Gasteiger partial charge on any atom is 0.300 e. The number of hydrogen-bond acceptors (Lipinski definition) is 3. The molecule has 1 fully saturated rings. The summed E-state index contributed by atoms with van der Waals surface area (Å²) in [6.07, 6.45) is 0. The number of rotatable bonds is 3. The summed E-state index contributed by atoms with van der Waals surface area (Å²) in [5.41, 5.74) is 2.70. The Kier molecular flexibility index (Phi) is 5.93. The van der Waals surface area contributed by atoms with E-state index < -0.39 is 23.5 Å². The number of Topliss-reactive ketones (excluding diaryl/α,β-unsaturated/α-hetero) is 1. The summed E-state index contributed by atoms with van der Waals surface area (Å²) < 4.78 is 14.9. The Labute approximate surface area is 198 Å². The van der Waals surface area contributed by atoms with Gasteiger partial charge in [0, 0.05) is 20.7 Å². The molecule has 0 spiro atoms. The molecule has 3 aromatic rings. The molecule has 4 nitrogen and oxygen atoms in total. The van der Waals surface area contributed by atoms with Crippen molar-refractivity contribution in [3.8, 4) is 0 Å². The third-order valence-corrected chi connectivity index (χ3v) is 6.75. The van der Waals surface area contributed by atoms with E-state index in [0.29, 0.717) is 27.4 Å². The molecule has 1 heterocycles. The van der Waals surface area contributed by atoms with Crippen LogP contribution < -0.4 is 4.90 Å². The minimum absolute atomic E-state index is 0.112. The van der Waals surface area contributed by atoms with Gasteiger partial charge in [-0.2, -0.15) is 0 Å². The first-order valence-electron chi connectivity index (χ1n) is 9.78. The smallest absolute Gasteiger partial charge is 0.300 e. The average molecular weight is 515 g/mol. The van der Waals surface area contributed by atoms with E-state index in [4.69, 9.17) is 11.6 Å². The maximum absolute atomic E-state index is 14.1. The molecule has 0 aliphatic carbocycles. The fourth-order valence-corrected chi connectivity index (χ4v) is 4.25. The Morgan fingerprint density at radius 3 is 2.44 bits per heavy atom. The van der Waals surface area contributed by atoms with E-state index in [1.165, 1.54) is 23.1 Å². The van der Waals surface area contributed by atoms with Crippen LogP contribution >= 0.6 is 27.5 Å². The van der Waals surface area contributed by atoms with Crippen LogP contribution in [0.25, 0.3) is 5.76 Å². The van der Waals surface area contributed by atoms with Crippen LogP contribution in [-0.2, 0) is 9.59 Å². The fourth-order valence-electron chi connectivity index (χ4n) is 3.77. The second kappa shape index (κ2) is 8.52. The van der Waals surface area contributed by atoms with Crippen molar-refractivity contribution >= 4 is 50.7 Å². The molecule has 1 aliphatic rings. The Bertz CT molecular complexity index is 1300. The summed E-state index contributed by atoms with van der Waals surface area (Å²) >= 11 is 9.55. The van der Waals surface area contributed by atoms with Crippen LogP contribution in [0.3, 0.4) is 0 Å². The first-order chi connectivity index (χ1) is 15.2. The van der Waals surface area contributed by atoms with Crippen molar-refractivity contribution in [2.75, 3.05) is 4.90 Å². The third-order valence-electron chi connectivity index (χ3n) is 5.47. The van der Waals surface area contributed by atoms with Crippen molar-refractivity contribution in [3.05, 3.63) is 104 Å². The largest absolute Gasteiger partial charge is 0.507 e. The number of anilines is 1. The zero-order chi connectivity index (χ0) is 23.2. The van der Waals surface area contributed by atoms with E-state index in [1.54, 1.807) is 43.3 Å². The van der Waals surface area contributed by atoms with E-state index in [-0.39, 0.29) is 11.3 Å². The second-order valence-corrected chi connectivity index (χ2v) is 8.88. The van der Waals surface area contributed by atoms with Crippen LogP contribution in [0.1, 0.15) is 28.3 Å². The molecule has 0 saturated carbocycles. The lowest BCUT2D eigenvalue weighted by atomic mass is 9.94. The average Bonchev–Trinajstić information content (AvgIpc) is 3.02. The zero-order valence-corrected chi connectivity index (χ0v) is 19.5. The number of ketones is 1. The van der Waals surface area contributed by atoms with Crippen LogP contribution in [0.15, 0.2) is 70.7 Å². The molecule has 32 heavy (non-hydrogen) atoms. The summed E-state index contributed by atoms with van der Waals surface area (Å²) in [5, 5.41) is 11.6. The first kappa shape index (κ1) is 22.2. The normalized spacial score (nSPS) is 17.8. The topological polar surface area (TPSA) is 57.6 Å². The number of benzene rings is 3. The van der Waals surface area contributed by atoms with Crippen molar-refractivity contribution in [1.82, 2.24) is 0 Å². The lowest BCUT2D eigenvalue weighted by Gasteiger charge is -2.26. The van der Waals surface area contributed by atoms with Gasteiger partial charge >= 0.3 is 0 Å². The molecule has 1 N–H and O–H groups in total. The number of amides is 1. The summed E-state index contributed by atoms with van der Waals surface area (Å²) in [4.78, 5) is 27.6. The van der Waals surface area contributed by atoms with Crippen molar-refractivity contribution in [1.29, 1.82) is 0 Å². The lowest BCUT2D eigenvalue weighted by Crippen LogP contribution is -2.29. The molecule has 0 aromatic heterocycles. The fraction of sp³-hybridized carbons (Fsp3) is 0.120. The minimum Gasteiger partial charge on any atom is -0.507 e. The number of hydrogen-bond donors (Lipinski definition) is 1. The molecule has 0 radical (unpaired) electrons. The molecule has 1 atom stereocenters. The van der Waals surface area contributed by atoms with E-state index in [9.17, 15) is 19.1 Å². The highest BCUT2D eigenvalue weighted by atomic mass is 79.9. The standard InChI is InChI=1S/C25H18BrClFNO3/c1-13-6-8-18(12-19(13)26)29-22(15-4-3-5-17(28)11-15)21(24(31)25(29)32)23(30)16-7-9-20(27)14(2)10-16/h3-12,22,30H,1-2H3/b23-21+. The number of halogens is 3. The molecule has 1 unspecified atom stereocenters. The summed E-state index contributed by atoms with van der Waals surface area (Å²) in [7, 11) is 0. The SMILES string of the molecule is Cc1cc(/C(O)=C2\C(=O)C(=O)N(c3ccc(C)c(Br)c3)C2c2cccc(F)c2)ccc1Cl. The lowest BCUT2D eigenvalue weighted by molar-refractivity contribution is -0.132. The van der Waals surface area contributed by atoms with Crippen molar-refractivity contribution in [3.63, 3.8) is 0 Å². The Morgan fingerprint density at radius 2 is 1.78 bits per heavy atom. The van der Waals surface area contributed by atoms with Crippen molar-refractivity contribution in [2.24, 2.45) is 0 Å². The van der Waals surface area contributed by atoms with Crippen LogP contribution in [0.5, 0.6) is 0 Å². The Hall–Kier alpha value is -2.96. The quantitative estimate of drug-likeness (QED) is 0.247. The van der Waals surface area contributed by atoms with Crippen molar-refractivity contribution < 1.29 is 19.1 Å². The molecule has 1 amide bonds. The highest BCUT2D eigenvalue weighted by Gasteiger charge is 2.47. The van der Waals surface area contributed by atoms with Gasteiger partial charge < -0.3 is 5.11 Å². The third kappa shape index (κ3) is 3.85. The van der Waals surface area contributed by atoms with E-state index >= 15 is 0 Å². The number of nitrogens with zero attached hydrogens (tertiary/aromatic N) is 1. The summed E-state index contributed by atoms with van der Waals surface area (Å²) in [5.74, 6) is -2.50.